The molecule has 98 valence electrons. The number of aromatic nitrogens is 2. The van der Waals surface area contributed by atoms with Gasteiger partial charge in [-0.1, -0.05) is 24.3 Å². The Morgan fingerprint density at radius 3 is 3.00 bits per heavy atom. The van der Waals surface area contributed by atoms with E-state index in [9.17, 15) is 4.79 Å². The van der Waals surface area contributed by atoms with Crippen molar-refractivity contribution in [2.45, 2.75) is 32.7 Å². The fourth-order valence-electron chi connectivity index (χ4n) is 2.82. The zero-order valence-corrected chi connectivity index (χ0v) is 11.2. The first-order valence-electron chi connectivity index (χ1n) is 6.91. The molecule has 19 heavy (non-hydrogen) atoms. The maximum atomic E-state index is 12.5. The van der Waals surface area contributed by atoms with Gasteiger partial charge in [0.25, 0.3) is 0 Å². The van der Waals surface area contributed by atoms with Gasteiger partial charge < -0.3 is 0 Å². The third-order valence-corrected chi connectivity index (χ3v) is 3.91. The van der Waals surface area contributed by atoms with Crippen LogP contribution in [0.1, 0.15) is 34.8 Å². The summed E-state index contributed by atoms with van der Waals surface area (Å²) in [7, 11) is 0. The molecular weight excluding hydrogens is 236 g/mol. The normalized spacial score (nSPS) is 18.4. The molecule has 0 fully saturated rings. The van der Waals surface area contributed by atoms with Crippen LogP contribution >= 0.6 is 0 Å². The van der Waals surface area contributed by atoms with Crippen molar-refractivity contribution >= 4 is 5.78 Å². The number of aryl methyl sites for hydroxylation is 2. The second-order valence-electron chi connectivity index (χ2n) is 5.17. The van der Waals surface area contributed by atoms with Crippen LogP contribution in [0.3, 0.4) is 0 Å². The summed E-state index contributed by atoms with van der Waals surface area (Å²) in [6, 6.07) is 7.99. The molecule has 3 heteroatoms. The molecule has 0 bridgehead atoms. The minimum atomic E-state index is 0.115. The maximum Gasteiger partial charge on any atom is 0.166 e. The Morgan fingerprint density at radius 2 is 2.21 bits per heavy atom. The highest BCUT2D eigenvalue weighted by Crippen LogP contribution is 2.27. The number of ketones is 1. The van der Waals surface area contributed by atoms with E-state index in [0.29, 0.717) is 5.78 Å². The third kappa shape index (κ3) is 2.33. The van der Waals surface area contributed by atoms with Gasteiger partial charge in [-0.3, -0.25) is 9.48 Å². The number of rotatable bonds is 3. The molecule has 0 aliphatic heterocycles. The highest BCUT2D eigenvalue weighted by molar-refractivity contribution is 6.00. The first-order valence-corrected chi connectivity index (χ1v) is 6.91. The van der Waals surface area contributed by atoms with Crippen LogP contribution in [0.4, 0.5) is 0 Å². The molecule has 1 aromatic heterocycles. The molecule has 2 aromatic rings. The zero-order valence-electron chi connectivity index (χ0n) is 11.2. The van der Waals surface area contributed by atoms with Crippen molar-refractivity contribution in [2.24, 2.45) is 5.92 Å². The number of carbonyl (C=O) groups excluding carboxylic acids is 1. The third-order valence-electron chi connectivity index (χ3n) is 3.91. The van der Waals surface area contributed by atoms with Gasteiger partial charge >= 0.3 is 0 Å². The van der Waals surface area contributed by atoms with E-state index in [-0.39, 0.29) is 5.92 Å². The van der Waals surface area contributed by atoms with Crippen molar-refractivity contribution in [1.29, 1.82) is 0 Å². The van der Waals surface area contributed by atoms with E-state index in [0.717, 1.165) is 31.4 Å². The summed E-state index contributed by atoms with van der Waals surface area (Å²) >= 11 is 0. The first-order chi connectivity index (χ1) is 9.28. The number of Topliss-reactive ketones (excluding diaryl/α,β-unsaturated/α-hetero) is 1. The van der Waals surface area contributed by atoms with Crippen molar-refractivity contribution in [3.05, 3.63) is 53.3 Å². The molecule has 1 atom stereocenters. The Hall–Kier alpha value is -1.90. The van der Waals surface area contributed by atoms with Crippen molar-refractivity contribution in [3.63, 3.8) is 0 Å². The lowest BCUT2D eigenvalue weighted by Crippen LogP contribution is -2.24. The Kier molecular flexibility index (Phi) is 3.20. The highest BCUT2D eigenvalue weighted by Gasteiger charge is 2.27. The van der Waals surface area contributed by atoms with Gasteiger partial charge in [-0.15, -0.1) is 0 Å². The average molecular weight is 254 g/mol. The number of hydrogen-bond donors (Lipinski definition) is 0. The number of carbonyl (C=O) groups is 1. The lowest BCUT2D eigenvalue weighted by molar-refractivity contribution is 0.0901. The van der Waals surface area contributed by atoms with E-state index in [1.54, 1.807) is 0 Å². The molecule has 1 aliphatic rings. The van der Waals surface area contributed by atoms with E-state index >= 15 is 0 Å². The Morgan fingerprint density at radius 1 is 1.37 bits per heavy atom. The molecule has 0 saturated carbocycles. The summed E-state index contributed by atoms with van der Waals surface area (Å²) in [6.45, 7) is 2.94. The maximum absolute atomic E-state index is 12.5. The van der Waals surface area contributed by atoms with Gasteiger partial charge in [-0.2, -0.15) is 5.10 Å². The second-order valence-corrected chi connectivity index (χ2v) is 5.17. The van der Waals surface area contributed by atoms with Crippen LogP contribution in [0.2, 0.25) is 0 Å². The first kappa shape index (κ1) is 12.2. The van der Waals surface area contributed by atoms with Crippen molar-refractivity contribution in [3.8, 4) is 0 Å². The molecule has 1 heterocycles. The minimum Gasteiger partial charge on any atom is -0.294 e. The van der Waals surface area contributed by atoms with Crippen molar-refractivity contribution in [1.82, 2.24) is 9.78 Å². The molecule has 1 aromatic carbocycles. The molecule has 0 N–H and O–H groups in total. The lowest BCUT2D eigenvalue weighted by atomic mass is 9.80. The van der Waals surface area contributed by atoms with Crippen LogP contribution in [0.5, 0.6) is 0 Å². The zero-order chi connectivity index (χ0) is 13.2. The van der Waals surface area contributed by atoms with Gasteiger partial charge in [0, 0.05) is 24.2 Å². The Balaban J connectivity index is 1.79. The number of benzene rings is 1. The molecule has 0 spiro atoms. The van der Waals surface area contributed by atoms with Gasteiger partial charge in [0.15, 0.2) is 5.78 Å². The van der Waals surface area contributed by atoms with Crippen LogP contribution < -0.4 is 0 Å². The van der Waals surface area contributed by atoms with Crippen LogP contribution in [0.15, 0.2) is 36.7 Å². The Labute approximate surface area is 113 Å². The summed E-state index contributed by atoms with van der Waals surface area (Å²) in [5, 5.41) is 4.27. The van der Waals surface area contributed by atoms with E-state index in [1.165, 1.54) is 11.1 Å². The fraction of sp³-hybridized carbons (Fsp3) is 0.375. The standard InChI is InChI=1S/C16H18N2O/c1-2-18-11-12(10-17-18)9-14-8-7-13-5-3-4-6-15(13)16(14)19/h3-6,10-11,14H,2,7-9H2,1H3. The van der Waals surface area contributed by atoms with E-state index in [1.807, 2.05) is 35.3 Å². The largest absolute Gasteiger partial charge is 0.294 e. The SMILES string of the molecule is CCn1cc(CC2CCc3ccccc3C2=O)cn1. The van der Waals surface area contributed by atoms with E-state index < -0.39 is 0 Å². The summed E-state index contributed by atoms with van der Waals surface area (Å²) < 4.78 is 1.91. The van der Waals surface area contributed by atoms with Gasteiger partial charge in [0.1, 0.15) is 0 Å². The van der Waals surface area contributed by atoms with Gasteiger partial charge in [-0.05, 0) is 37.3 Å². The van der Waals surface area contributed by atoms with E-state index in [4.69, 9.17) is 0 Å². The minimum absolute atomic E-state index is 0.115. The topological polar surface area (TPSA) is 34.9 Å². The van der Waals surface area contributed by atoms with Gasteiger partial charge in [-0.25, -0.2) is 0 Å². The Bertz CT molecular complexity index is 600. The predicted octanol–water partition coefficient (Wildman–Crippen LogP) is 2.89. The molecule has 0 saturated heterocycles. The van der Waals surface area contributed by atoms with E-state index in [2.05, 4.69) is 18.1 Å². The number of fused-ring (bicyclic) bond motifs is 1. The molecule has 3 rings (SSSR count). The summed E-state index contributed by atoms with van der Waals surface area (Å²) in [4.78, 5) is 12.5. The summed E-state index contributed by atoms with van der Waals surface area (Å²) in [5.74, 6) is 0.413. The van der Waals surface area contributed by atoms with Crippen LogP contribution in [-0.4, -0.2) is 15.6 Å². The van der Waals surface area contributed by atoms with Gasteiger partial charge in [0.2, 0.25) is 0 Å². The molecule has 0 amide bonds. The van der Waals surface area contributed by atoms with Gasteiger partial charge in [0.05, 0.1) is 6.20 Å². The fourth-order valence-corrected chi connectivity index (χ4v) is 2.82. The lowest BCUT2D eigenvalue weighted by Gasteiger charge is -2.22. The summed E-state index contributed by atoms with van der Waals surface area (Å²) in [5.41, 5.74) is 3.29. The molecule has 1 unspecified atom stereocenters. The molecule has 1 aliphatic carbocycles. The molecular formula is C16H18N2O. The highest BCUT2D eigenvalue weighted by atomic mass is 16.1. The number of nitrogens with zero attached hydrogens (tertiary/aromatic N) is 2. The van der Waals surface area contributed by atoms with Crippen molar-refractivity contribution in [2.75, 3.05) is 0 Å². The molecule has 3 nitrogen and oxygen atoms in total. The second kappa shape index (κ2) is 5.00. The predicted molar refractivity (Wildman–Crippen MR) is 74.2 cm³/mol. The smallest absolute Gasteiger partial charge is 0.166 e. The van der Waals surface area contributed by atoms with Crippen LogP contribution in [-0.2, 0) is 19.4 Å². The number of hydrogen-bond acceptors (Lipinski definition) is 2. The van der Waals surface area contributed by atoms with Crippen molar-refractivity contribution < 1.29 is 4.79 Å². The van der Waals surface area contributed by atoms with Crippen LogP contribution in [0.25, 0.3) is 0 Å². The monoisotopic (exact) mass is 254 g/mol. The average Bonchev–Trinajstić information content (AvgIpc) is 2.90. The van der Waals surface area contributed by atoms with Crippen LogP contribution in [0, 0.1) is 5.92 Å². The summed E-state index contributed by atoms with van der Waals surface area (Å²) in [6.07, 6.45) is 6.71. The molecule has 0 radical (unpaired) electrons. The quantitative estimate of drug-likeness (QED) is 0.844.